The van der Waals surface area contributed by atoms with E-state index in [1.54, 1.807) is 0 Å². The molecule has 36 heavy (non-hydrogen) atoms. The Bertz CT molecular complexity index is 769. The minimum atomic E-state index is -1.45. The molecule has 0 saturated heterocycles. The third kappa shape index (κ3) is 14.5. The zero-order valence-corrected chi connectivity index (χ0v) is 21.3. The quantitative estimate of drug-likeness (QED) is 0.0748. The Hall–Kier alpha value is -2.91. The number of carboxylic acids is 1. The highest BCUT2D eigenvalue weighted by atomic mass is 32.2. The number of thioether (sulfide) groups is 1. The monoisotopic (exact) mass is 533 g/mol. The van der Waals surface area contributed by atoms with E-state index in [1.165, 1.54) is 11.8 Å². The topological polar surface area (TPSA) is 263 Å². The van der Waals surface area contributed by atoms with Gasteiger partial charge in [0.1, 0.15) is 18.1 Å². The highest BCUT2D eigenvalue weighted by Crippen LogP contribution is 2.07. The maximum Gasteiger partial charge on any atom is 0.326 e. The Balaban J connectivity index is 5.55. The van der Waals surface area contributed by atoms with Crippen LogP contribution in [0, 0.1) is 0 Å². The van der Waals surface area contributed by atoms with Crippen LogP contribution in [0.4, 0.5) is 0 Å². The first kappa shape index (κ1) is 33.1. The van der Waals surface area contributed by atoms with Gasteiger partial charge in [0, 0.05) is 12.8 Å². The second-order valence-electron chi connectivity index (χ2n) is 8.20. The summed E-state index contributed by atoms with van der Waals surface area (Å²) >= 11 is 1.52. The van der Waals surface area contributed by atoms with Crippen molar-refractivity contribution >= 4 is 47.3 Å². The van der Waals surface area contributed by atoms with Crippen molar-refractivity contribution in [2.45, 2.75) is 75.5 Å². The summed E-state index contributed by atoms with van der Waals surface area (Å²) in [4.78, 5) is 72.1. The van der Waals surface area contributed by atoms with E-state index in [9.17, 15) is 33.9 Å². The average molecular weight is 534 g/mol. The van der Waals surface area contributed by atoms with Crippen LogP contribution in [0.5, 0.6) is 0 Å². The number of hydrogen-bond donors (Lipinski definition) is 8. The molecular formula is C21H39N7O7S. The summed E-state index contributed by atoms with van der Waals surface area (Å²) in [6, 6.07) is -4.66. The molecule has 0 aromatic rings. The summed E-state index contributed by atoms with van der Waals surface area (Å²) < 4.78 is 0. The number of carbonyl (C=O) groups excluding carboxylic acids is 5. The molecule has 0 fully saturated rings. The Morgan fingerprint density at radius 2 is 1.22 bits per heavy atom. The van der Waals surface area contributed by atoms with Gasteiger partial charge in [-0.1, -0.05) is 0 Å². The molecule has 5 amide bonds. The fourth-order valence-electron chi connectivity index (χ4n) is 3.06. The van der Waals surface area contributed by atoms with Crippen LogP contribution in [0.3, 0.4) is 0 Å². The van der Waals surface area contributed by atoms with Gasteiger partial charge < -0.3 is 44.0 Å². The van der Waals surface area contributed by atoms with E-state index in [4.69, 9.17) is 22.9 Å². The number of carboxylic acid groups (broad SMARTS) is 1. The molecule has 0 saturated carbocycles. The standard InChI is InChI=1S/C21H39N7O7S/c1-36-11-9-12(23)18(31)26-13(4-2-3-10-22)19(32)27-14(5-7-16(24)29)20(33)28-15(21(34)35)6-8-17(25)30/h12-15H,2-11,22-23H2,1H3,(H2,24,29)(H2,25,30)(H,26,31)(H,27,32)(H,28,33)(H,34,35). The third-order valence-corrected chi connectivity index (χ3v) is 5.80. The Morgan fingerprint density at radius 1 is 0.750 bits per heavy atom. The molecule has 0 bridgehead atoms. The zero-order valence-electron chi connectivity index (χ0n) is 20.5. The van der Waals surface area contributed by atoms with E-state index in [-0.39, 0.29) is 32.1 Å². The van der Waals surface area contributed by atoms with Crippen LogP contribution in [-0.2, 0) is 28.8 Å². The Kier molecular flexibility index (Phi) is 16.9. The second-order valence-corrected chi connectivity index (χ2v) is 9.19. The summed E-state index contributed by atoms with van der Waals surface area (Å²) in [5, 5.41) is 16.6. The first-order valence-corrected chi connectivity index (χ1v) is 13.0. The van der Waals surface area contributed by atoms with Crippen LogP contribution < -0.4 is 38.9 Å². The highest BCUT2D eigenvalue weighted by Gasteiger charge is 2.30. The first-order valence-electron chi connectivity index (χ1n) is 11.6. The minimum absolute atomic E-state index is 0.213. The van der Waals surface area contributed by atoms with Crippen molar-refractivity contribution in [3.63, 3.8) is 0 Å². The van der Waals surface area contributed by atoms with E-state index in [0.717, 1.165) is 0 Å². The van der Waals surface area contributed by atoms with Crippen LogP contribution in [0.2, 0.25) is 0 Å². The third-order valence-electron chi connectivity index (χ3n) is 5.16. The smallest absolute Gasteiger partial charge is 0.326 e. The molecule has 4 atom stereocenters. The second kappa shape index (κ2) is 18.4. The van der Waals surface area contributed by atoms with Gasteiger partial charge in [0.15, 0.2) is 0 Å². The van der Waals surface area contributed by atoms with Crippen LogP contribution in [0.1, 0.15) is 51.4 Å². The lowest BCUT2D eigenvalue weighted by atomic mass is 10.0. The van der Waals surface area contributed by atoms with Crippen molar-refractivity contribution in [2.24, 2.45) is 22.9 Å². The molecular weight excluding hydrogens is 494 g/mol. The number of unbranched alkanes of at least 4 members (excludes halogenated alkanes) is 1. The largest absolute Gasteiger partial charge is 0.480 e. The summed E-state index contributed by atoms with van der Waals surface area (Å²) in [5.41, 5.74) is 21.6. The van der Waals surface area contributed by atoms with Gasteiger partial charge in [-0.15, -0.1) is 0 Å². The fourth-order valence-corrected chi connectivity index (χ4v) is 3.55. The molecule has 206 valence electrons. The number of aliphatic carboxylic acids is 1. The lowest BCUT2D eigenvalue weighted by molar-refractivity contribution is -0.142. The predicted octanol–water partition coefficient (Wildman–Crippen LogP) is -2.73. The van der Waals surface area contributed by atoms with Crippen LogP contribution in [-0.4, -0.2) is 83.3 Å². The number of rotatable bonds is 20. The van der Waals surface area contributed by atoms with Gasteiger partial charge in [0.2, 0.25) is 29.5 Å². The Morgan fingerprint density at radius 3 is 1.69 bits per heavy atom. The van der Waals surface area contributed by atoms with E-state index < -0.39 is 59.7 Å². The molecule has 0 rings (SSSR count). The molecule has 0 aromatic heterocycles. The number of amides is 5. The predicted molar refractivity (Wildman–Crippen MR) is 134 cm³/mol. The van der Waals surface area contributed by atoms with Crippen LogP contribution in [0.15, 0.2) is 0 Å². The molecule has 14 nitrogen and oxygen atoms in total. The van der Waals surface area contributed by atoms with Crippen molar-refractivity contribution < 1.29 is 33.9 Å². The maximum absolute atomic E-state index is 13.0. The normalized spacial score (nSPS) is 14.1. The number of nitrogens with two attached hydrogens (primary N) is 4. The molecule has 4 unspecified atom stereocenters. The van der Waals surface area contributed by atoms with Crippen LogP contribution in [0.25, 0.3) is 0 Å². The first-order chi connectivity index (χ1) is 16.9. The molecule has 15 heteroatoms. The summed E-state index contributed by atoms with van der Waals surface area (Å²) in [7, 11) is 0. The van der Waals surface area contributed by atoms with E-state index in [1.807, 2.05) is 6.26 Å². The SMILES string of the molecule is CSCCC(N)C(=O)NC(CCCCN)C(=O)NC(CCC(N)=O)C(=O)NC(CCC(N)=O)C(=O)O. The lowest BCUT2D eigenvalue weighted by Crippen LogP contribution is -2.57. The van der Waals surface area contributed by atoms with Gasteiger partial charge in [0.05, 0.1) is 6.04 Å². The van der Waals surface area contributed by atoms with Gasteiger partial charge in [-0.3, -0.25) is 24.0 Å². The van der Waals surface area contributed by atoms with Gasteiger partial charge in [-0.25, -0.2) is 4.79 Å². The summed E-state index contributed by atoms with van der Waals surface area (Å²) in [6.07, 6.45) is 2.52. The molecule has 0 heterocycles. The van der Waals surface area contributed by atoms with Crippen molar-refractivity contribution in [3.05, 3.63) is 0 Å². The average Bonchev–Trinajstić information content (AvgIpc) is 2.81. The van der Waals surface area contributed by atoms with Gasteiger partial charge in [0.25, 0.3) is 0 Å². The minimum Gasteiger partial charge on any atom is -0.480 e. The molecule has 12 N–H and O–H groups in total. The van der Waals surface area contributed by atoms with Crippen LogP contribution >= 0.6 is 11.8 Å². The van der Waals surface area contributed by atoms with Gasteiger partial charge in [-0.2, -0.15) is 11.8 Å². The molecule has 0 radical (unpaired) electrons. The zero-order chi connectivity index (χ0) is 27.7. The lowest BCUT2D eigenvalue weighted by Gasteiger charge is -2.25. The van der Waals surface area contributed by atoms with Crippen molar-refractivity contribution in [1.82, 2.24) is 16.0 Å². The number of primary amides is 2. The Labute approximate surface area is 214 Å². The molecule has 0 aliphatic heterocycles. The summed E-state index contributed by atoms with van der Waals surface area (Å²) in [5.74, 6) is -4.40. The highest BCUT2D eigenvalue weighted by molar-refractivity contribution is 7.98. The van der Waals surface area contributed by atoms with E-state index >= 15 is 0 Å². The molecule has 0 aromatic carbocycles. The van der Waals surface area contributed by atoms with Crippen molar-refractivity contribution in [1.29, 1.82) is 0 Å². The van der Waals surface area contributed by atoms with Gasteiger partial charge in [-0.05, 0) is 57.1 Å². The number of carbonyl (C=O) groups is 6. The van der Waals surface area contributed by atoms with E-state index in [2.05, 4.69) is 16.0 Å². The molecule has 0 aliphatic rings. The molecule has 0 aliphatic carbocycles. The summed E-state index contributed by atoms with van der Waals surface area (Å²) in [6.45, 7) is 0.376. The van der Waals surface area contributed by atoms with E-state index in [0.29, 0.717) is 31.6 Å². The molecule has 0 spiro atoms. The van der Waals surface area contributed by atoms with Crippen molar-refractivity contribution in [3.8, 4) is 0 Å². The fraction of sp³-hybridized carbons (Fsp3) is 0.714. The maximum atomic E-state index is 13.0. The number of hydrogen-bond acceptors (Lipinski definition) is 9. The van der Waals surface area contributed by atoms with Gasteiger partial charge >= 0.3 is 5.97 Å². The number of nitrogens with one attached hydrogen (secondary N) is 3. The van der Waals surface area contributed by atoms with Crippen molar-refractivity contribution in [2.75, 3.05) is 18.6 Å².